The SMILES string of the molecule is CCCOC1CCCN(CC(C)(O)c2ccccc2)C1. The molecule has 2 atom stereocenters. The predicted molar refractivity (Wildman–Crippen MR) is 81.7 cm³/mol. The van der Waals surface area contributed by atoms with Gasteiger partial charge in [0.1, 0.15) is 0 Å². The molecule has 3 heteroatoms. The minimum Gasteiger partial charge on any atom is -0.384 e. The molecule has 2 unspecified atom stereocenters. The number of ether oxygens (including phenoxy) is 1. The van der Waals surface area contributed by atoms with Gasteiger partial charge in [-0.15, -0.1) is 0 Å². The van der Waals surface area contributed by atoms with Gasteiger partial charge in [0.2, 0.25) is 0 Å². The van der Waals surface area contributed by atoms with Crippen molar-refractivity contribution in [2.24, 2.45) is 0 Å². The van der Waals surface area contributed by atoms with Crippen molar-refractivity contribution >= 4 is 0 Å². The zero-order chi connectivity index (χ0) is 14.4. The van der Waals surface area contributed by atoms with E-state index in [1.54, 1.807) is 0 Å². The highest BCUT2D eigenvalue weighted by molar-refractivity contribution is 5.21. The van der Waals surface area contributed by atoms with E-state index in [0.29, 0.717) is 12.6 Å². The van der Waals surface area contributed by atoms with E-state index in [9.17, 15) is 5.11 Å². The second kappa shape index (κ2) is 7.21. The molecule has 0 spiro atoms. The number of aliphatic hydroxyl groups is 1. The summed E-state index contributed by atoms with van der Waals surface area (Å²) in [5, 5.41) is 10.7. The van der Waals surface area contributed by atoms with Crippen molar-refractivity contribution in [1.29, 1.82) is 0 Å². The summed E-state index contributed by atoms with van der Waals surface area (Å²) in [7, 11) is 0. The third-order valence-corrected chi connectivity index (χ3v) is 3.95. The van der Waals surface area contributed by atoms with Gasteiger partial charge in [-0.2, -0.15) is 0 Å². The molecule has 1 fully saturated rings. The Balaban J connectivity index is 1.91. The molecule has 1 aliphatic rings. The quantitative estimate of drug-likeness (QED) is 0.868. The Morgan fingerprint density at radius 1 is 1.35 bits per heavy atom. The highest BCUT2D eigenvalue weighted by Gasteiger charge is 2.29. The van der Waals surface area contributed by atoms with Gasteiger partial charge in [-0.25, -0.2) is 0 Å². The van der Waals surface area contributed by atoms with Gasteiger partial charge in [0.15, 0.2) is 0 Å². The maximum Gasteiger partial charge on any atom is 0.0994 e. The first-order valence-electron chi connectivity index (χ1n) is 7.73. The second-order valence-electron chi connectivity index (χ2n) is 6.01. The average Bonchev–Trinajstić information content (AvgIpc) is 2.46. The van der Waals surface area contributed by atoms with Crippen molar-refractivity contribution in [1.82, 2.24) is 4.90 Å². The summed E-state index contributed by atoms with van der Waals surface area (Å²) in [6, 6.07) is 9.93. The van der Waals surface area contributed by atoms with Crippen LogP contribution in [0, 0.1) is 0 Å². The van der Waals surface area contributed by atoms with Crippen LogP contribution in [0.3, 0.4) is 0 Å². The van der Waals surface area contributed by atoms with E-state index in [4.69, 9.17) is 4.74 Å². The van der Waals surface area contributed by atoms with E-state index in [0.717, 1.165) is 44.5 Å². The smallest absolute Gasteiger partial charge is 0.0994 e. The molecule has 1 saturated heterocycles. The number of rotatable bonds is 6. The fourth-order valence-corrected chi connectivity index (χ4v) is 2.90. The Morgan fingerprint density at radius 2 is 2.10 bits per heavy atom. The lowest BCUT2D eigenvalue weighted by Crippen LogP contribution is -2.46. The molecular weight excluding hydrogens is 250 g/mol. The molecule has 1 aromatic rings. The number of nitrogens with zero attached hydrogens (tertiary/aromatic N) is 1. The van der Waals surface area contributed by atoms with Crippen LogP contribution in [0.5, 0.6) is 0 Å². The zero-order valence-electron chi connectivity index (χ0n) is 12.7. The highest BCUT2D eigenvalue weighted by atomic mass is 16.5. The summed E-state index contributed by atoms with van der Waals surface area (Å²) in [5.41, 5.74) is 0.185. The second-order valence-corrected chi connectivity index (χ2v) is 6.01. The van der Waals surface area contributed by atoms with E-state index < -0.39 is 5.60 Å². The maximum atomic E-state index is 10.7. The summed E-state index contributed by atoms with van der Waals surface area (Å²) in [6.07, 6.45) is 3.69. The Labute approximate surface area is 122 Å². The fraction of sp³-hybridized carbons (Fsp3) is 0.647. The molecule has 0 aromatic heterocycles. The monoisotopic (exact) mass is 277 g/mol. The molecule has 20 heavy (non-hydrogen) atoms. The van der Waals surface area contributed by atoms with E-state index in [-0.39, 0.29) is 0 Å². The zero-order valence-corrected chi connectivity index (χ0v) is 12.7. The fourth-order valence-electron chi connectivity index (χ4n) is 2.90. The number of β-amino-alcohol motifs (C(OH)–C–C–N with tert-alkyl or cyclic N) is 1. The van der Waals surface area contributed by atoms with Crippen LogP contribution in [-0.2, 0) is 10.3 Å². The van der Waals surface area contributed by atoms with Crippen LogP contribution in [-0.4, -0.2) is 42.4 Å². The molecule has 3 nitrogen and oxygen atoms in total. The lowest BCUT2D eigenvalue weighted by Gasteiger charge is -2.37. The number of hydrogen-bond donors (Lipinski definition) is 1. The summed E-state index contributed by atoms with van der Waals surface area (Å²) >= 11 is 0. The number of piperidine rings is 1. The molecule has 0 aliphatic carbocycles. The molecule has 1 aromatic carbocycles. The largest absolute Gasteiger partial charge is 0.384 e. The van der Waals surface area contributed by atoms with Crippen LogP contribution < -0.4 is 0 Å². The standard InChI is InChI=1S/C17H27NO2/c1-3-12-20-16-10-7-11-18(13-16)14-17(2,19)15-8-5-4-6-9-15/h4-6,8-9,16,19H,3,7,10-14H2,1-2H3. The van der Waals surface area contributed by atoms with Gasteiger partial charge in [0.25, 0.3) is 0 Å². The van der Waals surface area contributed by atoms with Crippen LogP contribution in [0.25, 0.3) is 0 Å². The molecule has 1 N–H and O–H groups in total. The third-order valence-electron chi connectivity index (χ3n) is 3.95. The van der Waals surface area contributed by atoms with Crippen molar-refractivity contribution in [2.75, 3.05) is 26.2 Å². The Bertz CT molecular complexity index is 391. The van der Waals surface area contributed by atoms with Crippen molar-refractivity contribution in [3.63, 3.8) is 0 Å². The van der Waals surface area contributed by atoms with Gasteiger partial charge >= 0.3 is 0 Å². The van der Waals surface area contributed by atoms with Gasteiger partial charge in [0.05, 0.1) is 11.7 Å². The molecule has 112 valence electrons. The van der Waals surface area contributed by atoms with Crippen molar-refractivity contribution in [3.8, 4) is 0 Å². The molecular formula is C17H27NO2. The first kappa shape index (κ1) is 15.5. The minimum absolute atomic E-state index is 0.329. The van der Waals surface area contributed by atoms with Gasteiger partial charge in [-0.3, -0.25) is 4.90 Å². The first-order valence-corrected chi connectivity index (χ1v) is 7.73. The van der Waals surface area contributed by atoms with Crippen LogP contribution in [0.15, 0.2) is 30.3 Å². The molecule has 2 rings (SSSR count). The molecule has 0 radical (unpaired) electrons. The lowest BCUT2D eigenvalue weighted by molar-refractivity contribution is -0.0364. The molecule has 0 saturated carbocycles. The van der Waals surface area contributed by atoms with Gasteiger partial charge in [-0.1, -0.05) is 37.3 Å². The number of hydrogen-bond acceptors (Lipinski definition) is 3. The minimum atomic E-state index is -0.798. The molecule has 0 bridgehead atoms. The number of likely N-dealkylation sites (tertiary alicyclic amines) is 1. The predicted octanol–water partition coefficient (Wildman–Crippen LogP) is 2.79. The van der Waals surface area contributed by atoms with Gasteiger partial charge < -0.3 is 9.84 Å². The van der Waals surface area contributed by atoms with Crippen LogP contribution >= 0.6 is 0 Å². The van der Waals surface area contributed by atoms with Crippen molar-refractivity contribution < 1.29 is 9.84 Å². The number of benzene rings is 1. The van der Waals surface area contributed by atoms with Crippen LogP contribution in [0.2, 0.25) is 0 Å². The Kier molecular flexibility index (Phi) is 5.58. The maximum absolute atomic E-state index is 10.7. The first-order chi connectivity index (χ1) is 9.62. The highest BCUT2D eigenvalue weighted by Crippen LogP contribution is 2.24. The topological polar surface area (TPSA) is 32.7 Å². The van der Waals surface area contributed by atoms with Crippen LogP contribution in [0.4, 0.5) is 0 Å². The Hall–Kier alpha value is -0.900. The van der Waals surface area contributed by atoms with E-state index in [1.807, 2.05) is 37.3 Å². The van der Waals surface area contributed by atoms with Gasteiger partial charge in [0, 0.05) is 19.7 Å². The van der Waals surface area contributed by atoms with E-state index in [2.05, 4.69) is 11.8 Å². The third kappa shape index (κ3) is 4.30. The summed E-state index contributed by atoms with van der Waals surface area (Å²) in [4.78, 5) is 2.33. The normalized spacial score (nSPS) is 23.4. The van der Waals surface area contributed by atoms with Crippen molar-refractivity contribution in [3.05, 3.63) is 35.9 Å². The Morgan fingerprint density at radius 3 is 2.80 bits per heavy atom. The summed E-state index contributed by atoms with van der Waals surface area (Å²) < 4.78 is 5.86. The summed E-state index contributed by atoms with van der Waals surface area (Å²) in [5.74, 6) is 0. The molecule has 1 aliphatic heterocycles. The van der Waals surface area contributed by atoms with Crippen molar-refractivity contribution in [2.45, 2.75) is 44.8 Å². The van der Waals surface area contributed by atoms with E-state index >= 15 is 0 Å². The van der Waals surface area contributed by atoms with Gasteiger partial charge in [-0.05, 0) is 38.3 Å². The lowest BCUT2D eigenvalue weighted by atomic mass is 9.94. The summed E-state index contributed by atoms with van der Waals surface area (Å²) in [6.45, 7) is 7.54. The van der Waals surface area contributed by atoms with E-state index in [1.165, 1.54) is 0 Å². The van der Waals surface area contributed by atoms with Crippen LogP contribution in [0.1, 0.15) is 38.7 Å². The molecule has 1 heterocycles. The molecule has 0 amide bonds. The average molecular weight is 277 g/mol.